The zero-order valence-electron chi connectivity index (χ0n) is 5.77. The zero-order valence-corrected chi connectivity index (χ0v) is 7.48. The van der Waals surface area contributed by atoms with Crippen LogP contribution in [0.4, 0.5) is 0 Å². The van der Waals surface area contributed by atoms with Gasteiger partial charge in [0.15, 0.2) is 4.87 Å². The molecule has 0 saturated heterocycles. The molecule has 0 aliphatic rings. The van der Waals surface area contributed by atoms with Crippen molar-refractivity contribution in [3.8, 4) is 0 Å². The van der Waals surface area contributed by atoms with Gasteiger partial charge in [-0.1, -0.05) is 6.92 Å². The normalized spacial score (nSPS) is 21.7. The average molecular weight is 185 g/mol. The number of nitrogens with two attached hydrogens (primary N) is 1. The third-order valence-corrected chi connectivity index (χ3v) is 3.56. The number of hydrogen-bond donors (Lipinski definition) is 3. The van der Waals surface area contributed by atoms with Gasteiger partial charge >= 0.3 is 0 Å². The van der Waals surface area contributed by atoms with Gasteiger partial charge in [0.1, 0.15) is 0 Å². The molecule has 0 aromatic rings. The molecule has 2 atom stereocenters. The van der Waals surface area contributed by atoms with E-state index in [-0.39, 0.29) is 0 Å². The Labute approximate surface area is 66.0 Å². The third-order valence-electron chi connectivity index (χ3n) is 1.39. The lowest BCUT2D eigenvalue weighted by atomic mass is 10.3. The van der Waals surface area contributed by atoms with Crippen molar-refractivity contribution in [2.75, 3.05) is 0 Å². The summed E-state index contributed by atoms with van der Waals surface area (Å²) in [5.74, 6) is 0. The maximum atomic E-state index is 10.5. The molecule has 0 fully saturated rings. The van der Waals surface area contributed by atoms with E-state index in [0.29, 0.717) is 0 Å². The van der Waals surface area contributed by atoms with Crippen LogP contribution in [0.25, 0.3) is 0 Å². The predicted octanol–water partition coefficient (Wildman–Crippen LogP) is -0.133. The maximum Gasteiger partial charge on any atom is 0.284 e. The standard InChI is InChI=1S/C4H11NO3S2/c1-3(9)4(2,5)10(6,7)8/h3,9H,5H2,1-2H3,(H,6,7,8). The van der Waals surface area contributed by atoms with Crippen LogP contribution in [0.5, 0.6) is 0 Å². The minimum atomic E-state index is -4.20. The molecule has 0 bridgehead atoms. The van der Waals surface area contributed by atoms with Crippen LogP contribution in [-0.2, 0) is 10.1 Å². The Morgan fingerprint density at radius 2 is 2.00 bits per heavy atom. The van der Waals surface area contributed by atoms with Crippen molar-refractivity contribution in [2.45, 2.75) is 24.0 Å². The minimum absolute atomic E-state index is 0.609. The number of rotatable bonds is 2. The van der Waals surface area contributed by atoms with E-state index in [1.54, 1.807) is 0 Å². The van der Waals surface area contributed by atoms with Gasteiger partial charge in [0.05, 0.1) is 0 Å². The highest BCUT2D eigenvalue weighted by molar-refractivity contribution is 7.89. The Balaban J connectivity index is 4.76. The summed E-state index contributed by atoms with van der Waals surface area (Å²) in [6.07, 6.45) is 0. The van der Waals surface area contributed by atoms with E-state index < -0.39 is 20.2 Å². The Bertz CT molecular complexity index is 207. The molecule has 0 aliphatic carbocycles. The summed E-state index contributed by atoms with van der Waals surface area (Å²) >= 11 is 3.81. The van der Waals surface area contributed by atoms with Crippen LogP contribution in [0.15, 0.2) is 0 Å². The maximum absolute atomic E-state index is 10.5. The highest BCUT2D eigenvalue weighted by atomic mass is 32.2. The lowest BCUT2D eigenvalue weighted by Gasteiger charge is -2.23. The lowest BCUT2D eigenvalue weighted by Crippen LogP contribution is -2.50. The van der Waals surface area contributed by atoms with Gasteiger partial charge in [-0.05, 0) is 6.92 Å². The Hall–Kier alpha value is 0.220. The fourth-order valence-electron chi connectivity index (χ4n) is 0.216. The monoisotopic (exact) mass is 185 g/mol. The molecular weight excluding hydrogens is 174 g/mol. The second kappa shape index (κ2) is 2.69. The fraction of sp³-hybridized carbons (Fsp3) is 1.00. The summed E-state index contributed by atoms with van der Waals surface area (Å²) in [7, 11) is -4.20. The SMILES string of the molecule is CC(S)C(C)(N)S(=O)(=O)O. The van der Waals surface area contributed by atoms with Gasteiger partial charge in [-0.3, -0.25) is 4.55 Å². The van der Waals surface area contributed by atoms with Gasteiger partial charge in [0, 0.05) is 5.25 Å². The molecule has 4 nitrogen and oxygen atoms in total. The minimum Gasteiger partial charge on any atom is -0.310 e. The summed E-state index contributed by atoms with van der Waals surface area (Å²) < 4.78 is 29.5. The zero-order chi connectivity index (χ0) is 8.58. The second-order valence-corrected chi connectivity index (χ2v) is 4.94. The average Bonchev–Trinajstić information content (AvgIpc) is 1.62. The molecule has 0 aromatic carbocycles. The van der Waals surface area contributed by atoms with Crippen molar-refractivity contribution >= 4 is 22.7 Å². The molecule has 0 spiro atoms. The molecular formula is C4H11NO3S2. The molecule has 0 heterocycles. The molecule has 0 rings (SSSR count). The van der Waals surface area contributed by atoms with Crippen molar-refractivity contribution in [3.05, 3.63) is 0 Å². The highest BCUT2D eigenvalue weighted by Gasteiger charge is 2.37. The quantitative estimate of drug-likeness (QED) is 0.413. The molecule has 0 aromatic heterocycles. The van der Waals surface area contributed by atoms with E-state index in [9.17, 15) is 8.42 Å². The first kappa shape index (κ1) is 10.2. The van der Waals surface area contributed by atoms with Gasteiger partial charge in [0.25, 0.3) is 10.1 Å². The Morgan fingerprint density at radius 1 is 1.70 bits per heavy atom. The van der Waals surface area contributed by atoms with E-state index in [1.807, 2.05) is 0 Å². The van der Waals surface area contributed by atoms with Crippen LogP contribution in [0.2, 0.25) is 0 Å². The summed E-state index contributed by atoms with van der Waals surface area (Å²) in [5.41, 5.74) is 5.22. The first-order valence-corrected chi connectivity index (χ1v) is 4.59. The highest BCUT2D eigenvalue weighted by Crippen LogP contribution is 2.17. The molecule has 0 aliphatic heterocycles. The molecule has 62 valence electrons. The van der Waals surface area contributed by atoms with Gasteiger partial charge in [-0.2, -0.15) is 21.0 Å². The van der Waals surface area contributed by atoms with E-state index in [4.69, 9.17) is 10.3 Å². The van der Waals surface area contributed by atoms with Crippen molar-refractivity contribution in [2.24, 2.45) is 5.73 Å². The fourth-order valence-corrected chi connectivity index (χ4v) is 1.05. The van der Waals surface area contributed by atoms with Gasteiger partial charge in [0.2, 0.25) is 0 Å². The third kappa shape index (κ3) is 1.85. The number of hydrogen-bond acceptors (Lipinski definition) is 4. The van der Waals surface area contributed by atoms with Crippen LogP contribution < -0.4 is 5.73 Å². The van der Waals surface area contributed by atoms with Gasteiger partial charge < -0.3 is 5.73 Å². The van der Waals surface area contributed by atoms with Crippen molar-refractivity contribution in [1.82, 2.24) is 0 Å². The first-order valence-electron chi connectivity index (χ1n) is 2.63. The molecule has 0 radical (unpaired) electrons. The Morgan fingerprint density at radius 3 is 2.00 bits per heavy atom. The van der Waals surface area contributed by atoms with Crippen molar-refractivity contribution < 1.29 is 13.0 Å². The van der Waals surface area contributed by atoms with E-state index in [0.717, 1.165) is 0 Å². The van der Waals surface area contributed by atoms with Gasteiger partial charge in [-0.25, -0.2) is 0 Å². The van der Waals surface area contributed by atoms with Crippen LogP contribution in [-0.4, -0.2) is 23.1 Å². The Kier molecular flexibility index (Phi) is 2.75. The van der Waals surface area contributed by atoms with Crippen molar-refractivity contribution in [3.63, 3.8) is 0 Å². The topological polar surface area (TPSA) is 80.4 Å². The molecule has 10 heavy (non-hydrogen) atoms. The molecule has 3 N–H and O–H groups in total. The molecule has 2 unspecified atom stereocenters. The first-order chi connectivity index (χ1) is 4.19. The van der Waals surface area contributed by atoms with E-state index in [2.05, 4.69) is 12.6 Å². The van der Waals surface area contributed by atoms with Crippen LogP contribution in [0.3, 0.4) is 0 Å². The molecule has 0 saturated carbocycles. The molecule has 6 heteroatoms. The lowest BCUT2D eigenvalue weighted by molar-refractivity contribution is 0.434. The summed E-state index contributed by atoms with van der Waals surface area (Å²) in [5, 5.41) is -0.609. The molecule has 0 amide bonds. The van der Waals surface area contributed by atoms with Crippen LogP contribution in [0.1, 0.15) is 13.8 Å². The second-order valence-electron chi connectivity index (χ2n) is 2.33. The summed E-state index contributed by atoms with van der Waals surface area (Å²) in [6.45, 7) is 2.71. The predicted molar refractivity (Wildman–Crippen MR) is 42.6 cm³/mol. The summed E-state index contributed by atoms with van der Waals surface area (Å²) in [4.78, 5) is -1.67. The smallest absolute Gasteiger partial charge is 0.284 e. The summed E-state index contributed by atoms with van der Waals surface area (Å²) in [6, 6.07) is 0. The van der Waals surface area contributed by atoms with Crippen molar-refractivity contribution in [1.29, 1.82) is 0 Å². The van der Waals surface area contributed by atoms with E-state index >= 15 is 0 Å². The largest absolute Gasteiger partial charge is 0.310 e. The van der Waals surface area contributed by atoms with Crippen LogP contribution >= 0.6 is 12.6 Å². The van der Waals surface area contributed by atoms with E-state index in [1.165, 1.54) is 13.8 Å². The number of thiol groups is 1. The van der Waals surface area contributed by atoms with Crippen LogP contribution in [0, 0.1) is 0 Å². The van der Waals surface area contributed by atoms with Gasteiger partial charge in [-0.15, -0.1) is 0 Å².